The molecule has 16 heavy (non-hydrogen) atoms. The third-order valence-electron chi connectivity index (χ3n) is 3.10. The molecule has 0 aromatic heterocycles. The van der Waals surface area contributed by atoms with Crippen LogP contribution in [0.3, 0.4) is 0 Å². The third-order valence-corrected chi connectivity index (χ3v) is 3.10. The van der Waals surface area contributed by atoms with Crippen LogP contribution in [0.25, 0.3) is 0 Å². The fourth-order valence-electron chi connectivity index (χ4n) is 2.22. The molecule has 5 heteroatoms. The van der Waals surface area contributed by atoms with Crippen molar-refractivity contribution in [3.05, 3.63) is 0 Å². The zero-order chi connectivity index (χ0) is 12.0. The molecule has 1 aliphatic rings. The second-order valence-corrected chi connectivity index (χ2v) is 4.42. The second-order valence-electron chi connectivity index (χ2n) is 4.42. The average Bonchev–Trinajstić information content (AvgIpc) is 2.39. The lowest BCUT2D eigenvalue weighted by Crippen LogP contribution is -2.29. The molecule has 0 saturated carbocycles. The number of nitrogens with zero attached hydrogens (tertiary/aromatic N) is 1. The van der Waals surface area contributed by atoms with Gasteiger partial charge >= 0.3 is 5.97 Å². The summed E-state index contributed by atoms with van der Waals surface area (Å²) in [4.78, 5) is 12.2. The molecule has 0 bridgehead atoms. The first-order chi connectivity index (χ1) is 7.58. The van der Waals surface area contributed by atoms with E-state index < -0.39 is 12.4 Å². The molecule has 3 nitrogen and oxygen atoms in total. The highest BCUT2D eigenvalue weighted by molar-refractivity contribution is 5.66. The number of alkyl halides is 2. The van der Waals surface area contributed by atoms with Crippen molar-refractivity contribution >= 4 is 5.97 Å². The van der Waals surface area contributed by atoms with Crippen LogP contribution in [0, 0.1) is 5.92 Å². The maximum Gasteiger partial charge on any atom is 0.303 e. The maximum absolute atomic E-state index is 12.2. The predicted octanol–water partition coefficient (Wildman–Crippen LogP) is 2.22. The van der Waals surface area contributed by atoms with E-state index in [0.29, 0.717) is 25.4 Å². The SMILES string of the molecule is O=C(O)CCC1CCCN(CC(F)F)CC1. The van der Waals surface area contributed by atoms with Gasteiger partial charge in [0.15, 0.2) is 0 Å². The number of hydrogen-bond acceptors (Lipinski definition) is 2. The highest BCUT2D eigenvalue weighted by atomic mass is 19.3. The van der Waals surface area contributed by atoms with Crippen LogP contribution < -0.4 is 0 Å². The summed E-state index contributed by atoms with van der Waals surface area (Å²) in [5.74, 6) is -0.382. The molecule has 1 rings (SSSR count). The van der Waals surface area contributed by atoms with E-state index in [-0.39, 0.29) is 13.0 Å². The first kappa shape index (κ1) is 13.4. The van der Waals surface area contributed by atoms with Crippen molar-refractivity contribution in [3.63, 3.8) is 0 Å². The average molecular weight is 235 g/mol. The number of halogens is 2. The summed E-state index contributed by atoms with van der Waals surface area (Å²) in [5, 5.41) is 8.58. The van der Waals surface area contributed by atoms with E-state index in [9.17, 15) is 13.6 Å². The predicted molar refractivity (Wildman–Crippen MR) is 56.7 cm³/mol. The van der Waals surface area contributed by atoms with Crippen LogP contribution in [-0.4, -0.2) is 42.0 Å². The molecule has 1 atom stereocenters. The molecular formula is C11H19F2NO2. The fourth-order valence-corrected chi connectivity index (χ4v) is 2.22. The molecule has 1 unspecified atom stereocenters. The normalized spacial score (nSPS) is 23.3. The van der Waals surface area contributed by atoms with E-state index >= 15 is 0 Å². The minimum atomic E-state index is -2.27. The molecule has 1 heterocycles. The minimum absolute atomic E-state index is 0.147. The third kappa shape index (κ3) is 5.39. The number of likely N-dealkylation sites (tertiary alicyclic amines) is 1. The van der Waals surface area contributed by atoms with Crippen LogP contribution in [-0.2, 0) is 4.79 Å². The Morgan fingerprint density at radius 2 is 2.12 bits per heavy atom. The van der Waals surface area contributed by atoms with Crippen LogP contribution in [0.2, 0.25) is 0 Å². The molecule has 0 aliphatic carbocycles. The zero-order valence-electron chi connectivity index (χ0n) is 9.37. The van der Waals surface area contributed by atoms with Crippen molar-refractivity contribution in [3.8, 4) is 0 Å². The molecule has 0 spiro atoms. The Morgan fingerprint density at radius 3 is 2.75 bits per heavy atom. The van der Waals surface area contributed by atoms with E-state index in [1.165, 1.54) is 0 Å². The van der Waals surface area contributed by atoms with Gasteiger partial charge in [-0.1, -0.05) is 0 Å². The standard InChI is InChI=1S/C11H19F2NO2/c12-10(13)8-14-6-1-2-9(5-7-14)3-4-11(15)16/h9-10H,1-8H2,(H,15,16). The van der Waals surface area contributed by atoms with Gasteiger partial charge in [0, 0.05) is 6.42 Å². The number of hydrogen-bond donors (Lipinski definition) is 1. The summed E-state index contributed by atoms with van der Waals surface area (Å²) in [7, 11) is 0. The van der Waals surface area contributed by atoms with Crippen molar-refractivity contribution in [2.45, 2.75) is 38.5 Å². The summed E-state index contributed by atoms with van der Waals surface area (Å²) in [6.45, 7) is 1.24. The van der Waals surface area contributed by atoms with Gasteiger partial charge in [0.25, 0.3) is 6.43 Å². The fraction of sp³-hybridized carbons (Fsp3) is 0.909. The van der Waals surface area contributed by atoms with Gasteiger partial charge in [-0.2, -0.15) is 0 Å². The van der Waals surface area contributed by atoms with E-state index in [1.807, 2.05) is 0 Å². The Kier molecular flexibility index (Phi) is 5.66. The summed E-state index contributed by atoms with van der Waals surface area (Å²) >= 11 is 0. The number of aliphatic carboxylic acids is 1. The van der Waals surface area contributed by atoms with Crippen molar-refractivity contribution < 1.29 is 18.7 Å². The van der Waals surface area contributed by atoms with Gasteiger partial charge in [0.2, 0.25) is 0 Å². The Hall–Kier alpha value is -0.710. The molecule has 1 saturated heterocycles. The van der Waals surface area contributed by atoms with Crippen molar-refractivity contribution in [2.24, 2.45) is 5.92 Å². The molecule has 1 fully saturated rings. The molecule has 1 aliphatic heterocycles. The molecular weight excluding hydrogens is 216 g/mol. The molecule has 1 N–H and O–H groups in total. The smallest absolute Gasteiger partial charge is 0.303 e. The van der Waals surface area contributed by atoms with E-state index in [1.54, 1.807) is 4.90 Å². The number of carboxylic acid groups (broad SMARTS) is 1. The van der Waals surface area contributed by atoms with Crippen LogP contribution >= 0.6 is 0 Å². The summed E-state index contributed by atoms with van der Waals surface area (Å²) < 4.78 is 24.4. The lowest BCUT2D eigenvalue weighted by Gasteiger charge is -2.19. The Bertz CT molecular complexity index is 224. The number of carboxylic acids is 1. The van der Waals surface area contributed by atoms with Crippen LogP contribution in [0.5, 0.6) is 0 Å². The Labute approximate surface area is 94.4 Å². The molecule has 0 aromatic rings. The van der Waals surface area contributed by atoms with Gasteiger partial charge in [0.05, 0.1) is 6.54 Å². The lowest BCUT2D eigenvalue weighted by atomic mass is 9.95. The highest BCUT2D eigenvalue weighted by Crippen LogP contribution is 2.22. The second kappa shape index (κ2) is 6.78. The minimum Gasteiger partial charge on any atom is -0.481 e. The van der Waals surface area contributed by atoms with Crippen molar-refractivity contribution in [1.29, 1.82) is 0 Å². The van der Waals surface area contributed by atoms with E-state index in [4.69, 9.17) is 5.11 Å². The Balaban J connectivity index is 2.26. The van der Waals surface area contributed by atoms with E-state index in [2.05, 4.69) is 0 Å². The van der Waals surface area contributed by atoms with Gasteiger partial charge in [-0.15, -0.1) is 0 Å². The topological polar surface area (TPSA) is 40.5 Å². The van der Waals surface area contributed by atoms with Gasteiger partial charge in [0.1, 0.15) is 0 Å². The molecule has 0 aromatic carbocycles. The van der Waals surface area contributed by atoms with Crippen LogP contribution in [0.1, 0.15) is 32.1 Å². The van der Waals surface area contributed by atoms with Gasteiger partial charge < -0.3 is 5.11 Å². The van der Waals surface area contributed by atoms with Crippen molar-refractivity contribution in [2.75, 3.05) is 19.6 Å². The summed E-state index contributed by atoms with van der Waals surface area (Å²) in [5.41, 5.74) is 0. The quantitative estimate of drug-likeness (QED) is 0.794. The Morgan fingerprint density at radius 1 is 1.38 bits per heavy atom. The van der Waals surface area contributed by atoms with Gasteiger partial charge in [-0.25, -0.2) is 8.78 Å². The van der Waals surface area contributed by atoms with Crippen LogP contribution in [0.4, 0.5) is 8.78 Å². The molecule has 94 valence electrons. The summed E-state index contributed by atoms with van der Waals surface area (Å²) in [6.07, 6.45) is 1.32. The molecule has 0 radical (unpaired) electrons. The molecule has 0 amide bonds. The highest BCUT2D eigenvalue weighted by Gasteiger charge is 2.19. The number of carbonyl (C=O) groups is 1. The van der Waals surface area contributed by atoms with E-state index in [0.717, 1.165) is 19.3 Å². The van der Waals surface area contributed by atoms with Gasteiger partial charge in [-0.3, -0.25) is 9.69 Å². The maximum atomic E-state index is 12.2. The first-order valence-corrected chi connectivity index (χ1v) is 5.80. The summed E-state index contributed by atoms with van der Waals surface area (Å²) in [6, 6.07) is 0. The van der Waals surface area contributed by atoms with Crippen molar-refractivity contribution in [1.82, 2.24) is 4.90 Å². The lowest BCUT2D eigenvalue weighted by molar-refractivity contribution is -0.137. The zero-order valence-corrected chi connectivity index (χ0v) is 9.37. The first-order valence-electron chi connectivity index (χ1n) is 5.80. The largest absolute Gasteiger partial charge is 0.481 e. The van der Waals surface area contributed by atoms with Crippen LogP contribution in [0.15, 0.2) is 0 Å². The van der Waals surface area contributed by atoms with Gasteiger partial charge in [-0.05, 0) is 44.7 Å². The monoisotopic (exact) mass is 235 g/mol. The number of rotatable bonds is 5.